The minimum Gasteiger partial charge on any atom is -0.399 e. The minimum absolute atomic E-state index is 0.104. The summed E-state index contributed by atoms with van der Waals surface area (Å²) < 4.78 is 0. The number of nitrogens with two attached hydrogens (primary N) is 1. The highest BCUT2D eigenvalue weighted by Gasteiger charge is 2.19. The van der Waals surface area contributed by atoms with Crippen LogP contribution in [0.1, 0.15) is 12.0 Å². The molecule has 4 N–H and O–H groups in total. The Morgan fingerprint density at radius 1 is 1.53 bits per heavy atom. The Kier molecular flexibility index (Phi) is 3.89. The van der Waals surface area contributed by atoms with Crippen LogP contribution in [0.4, 0.5) is 16.2 Å². The largest absolute Gasteiger partial charge is 0.399 e. The summed E-state index contributed by atoms with van der Waals surface area (Å²) in [5.41, 5.74) is 7.97. The number of hydrogen-bond donors (Lipinski definition) is 3. The van der Waals surface area contributed by atoms with Crippen molar-refractivity contribution < 1.29 is 9.59 Å². The van der Waals surface area contributed by atoms with Crippen molar-refractivity contribution in [2.75, 3.05) is 30.7 Å². The van der Waals surface area contributed by atoms with Crippen LogP contribution in [0.25, 0.3) is 0 Å². The minimum atomic E-state index is -0.117. The second-order valence-electron chi connectivity index (χ2n) is 4.59. The maximum absolute atomic E-state index is 11.8. The first-order chi connectivity index (χ1) is 9.06. The topological polar surface area (TPSA) is 87.5 Å². The molecule has 1 aromatic rings. The van der Waals surface area contributed by atoms with Gasteiger partial charge in [0.05, 0.1) is 0 Å². The fourth-order valence-electron chi connectivity index (χ4n) is 1.95. The summed E-state index contributed by atoms with van der Waals surface area (Å²) in [4.78, 5) is 24.8. The number of carbonyl (C=O) groups is 2. The number of hydrogen-bond acceptors (Lipinski definition) is 3. The van der Waals surface area contributed by atoms with E-state index in [1.807, 2.05) is 13.0 Å². The fraction of sp³-hybridized carbons (Fsp3) is 0.385. The lowest BCUT2D eigenvalue weighted by Crippen LogP contribution is -2.31. The molecule has 0 radical (unpaired) electrons. The molecule has 6 heteroatoms. The lowest BCUT2D eigenvalue weighted by atomic mass is 10.2. The molecule has 0 saturated carbocycles. The van der Waals surface area contributed by atoms with Crippen LogP contribution >= 0.6 is 0 Å². The van der Waals surface area contributed by atoms with Crippen molar-refractivity contribution >= 4 is 23.3 Å². The number of nitrogens with one attached hydrogen (secondary N) is 2. The van der Waals surface area contributed by atoms with E-state index >= 15 is 0 Å². The number of carbonyl (C=O) groups excluding carboxylic acids is 2. The van der Waals surface area contributed by atoms with Crippen molar-refractivity contribution in [2.45, 2.75) is 13.3 Å². The predicted molar refractivity (Wildman–Crippen MR) is 73.8 cm³/mol. The van der Waals surface area contributed by atoms with Crippen LogP contribution in [0.2, 0.25) is 0 Å². The highest BCUT2D eigenvalue weighted by Crippen LogP contribution is 2.18. The van der Waals surface area contributed by atoms with Crippen LogP contribution in [-0.2, 0) is 4.79 Å². The van der Waals surface area contributed by atoms with E-state index in [1.54, 1.807) is 17.0 Å². The van der Waals surface area contributed by atoms with Gasteiger partial charge >= 0.3 is 6.03 Å². The van der Waals surface area contributed by atoms with E-state index < -0.39 is 0 Å². The number of aryl methyl sites for hydroxylation is 1. The Morgan fingerprint density at radius 3 is 3.00 bits per heavy atom. The van der Waals surface area contributed by atoms with Crippen molar-refractivity contribution in [2.24, 2.45) is 0 Å². The van der Waals surface area contributed by atoms with Gasteiger partial charge in [-0.3, -0.25) is 4.79 Å². The van der Waals surface area contributed by atoms with Crippen LogP contribution in [0.3, 0.4) is 0 Å². The standard InChI is InChI=1S/C13H18N4O2/c1-9-2-3-10(14)8-11(9)16-12(18)4-6-17-7-5-15-13(17)19/h2-3,8H,4-7,14H2,1H3,(H,15,19)(H,16,18). The third-order valence-electron chi connectivity index (χ3n) is 3.09. The molecule has 19 heavy (non-hydrogen) atoms. The van der Waals surface area contributed by atoms with Gasteiger partial charge in [-0.1, -0.05) is 6.07 Å². The highest BCUT2D eigenvalue weighted by molar-refractivity contribution is 5.92. The third-order valence-corrected chi connectivity index (χ3v) is 3.09. The summed E-state index contributed by atoms with van der Waals surface area (Å²) in [6.45, 7) is 3.64. The zero-order valence-corrected chi connectivity index (χ0v) is 10.9. The molecule has 0 aromatic heterocycles. The summed E-state index contributed by atoms with van der Waals surface area (Å²) >= 11 is 0. The van der Waals surface area contributed by atoms with Gasteiger partial charge in [-0.25, -0.2) is 4.79 Å². The molecule has 0 aliphatic carbocycles. The maximum Gasteiger partial charge on any atom is 0.317 e. The number of benzene rings is 1. The number of nitrogen functional groups attached to an aromatic ring is 1. The lowest BCUT2D eigenvalue weighted by Gasteiger charge is -2.14. The maximum atomic E-state index is 11.8. The molecule has 3 amide bonds. The van der Waals surface area contributed by atoms with E-state index in [0.29, 0.717) is 25.3 Å². The molecule has 1 saturated heterocycles. The lowest BCUT2D eigenvalue weighted by molar-refractivity contribution is -0.116. The molecule has 1 aliphatic rings. The average Bonchev–Trinajstić information content (AvgIpc) is 2.77. The molecule has 1 aliphatic heterocycles. The van der Waals surface area contributed by atoms with E-state index in [2.05, 4.69) is 10.6 Å². The van der Waals surface area contributed by atoms with E-state index in [9.17, 15) is 9.59 Å². The van der Waals surface area contributed by atoms with E-state index in [-0.39, 0.29) is 18.4 Å². The first-order valence-electron chi connectivity index (χ1n) is 6.25. The molecule has 2 rings (SSSR count). The van der Waals surface area contributed by atoms with Crippen LogP contribution in [-0.4, -0.2) is 36.5 Å². The molecule has 0 spiro atoms. The SMILES string of the molecule is Cc1ccc(N)cc1NC(=O)CCN1CCNC1=O. The van der Waals surface area contributed by atoms with Crippen LogP contribution in [0.5, 0.6) is 0 Å². The second kappa shape index (κ2) is 5.60. The second-order valence-corrected chi connectivity index (χ2v) is 4.59. The Morgan fingerprint density at radius 2 is 2.32 bits per heavy atom. The summed E-state index contributed by atoms with van der Waals surface area (Å²) in [5.74, 6) is -0.117. The van der Waals surface area contributed by atoms with Crippen molar-refractivity contribution in [1.82, 2.24) is 10.2 Å². The van der Waals surface area contributed by atoms with Gasteiger partial charge in [-0.2, -0.15) is 0 Å². The molecule has 0 atom stereocenters. The number of amides is 3. The predicted octanol–water partition coefficient (Wildman–Crippen LogP) is 0.931. The normalized spacial score (nSPS) is 14.4. The Balaban J connectivity index is 1.87. The van der Waals surface area contributed by atoms with E-state index in [1.165, 1.54) is 0 Å². The summed E-state index contributed by atoms with van der Waals surface area (Å²) in [5, 5.41) is 5.51. The van der Waals surface area contributed by atoms with Crippen molar-refractivity contribution in [3.63, 3.8) is 0 Å². The van der Waals surface area contributed by atoms with Gasteiger partial charge in [0.1, 0.15) is 0 Å². The summed E-state index contributed by atoms with van der Waals surface area (Å²) in [6.07, 6.45) is 0.279. The van der Waals surface area contributed by atoms with Gasteiger partial charge in [-0.05, 0) is 24.6 Å². The van der Waals surface area contributed by atoms with Crippen molar-refractivity contribution in [1.29, 1.82) is 0 Å². The zero-order valence-electron chi connectivity index (χ0n) is 10.9. The molecule has 6 nitrogen and oxygen atoms in total. The third kappa shape index (κ3) is 3.37. The first-order valence-corrected chi connectivity index (χ1v) is 6.25. The smallest absolute Gasteiger partial charge is 0.317 e. The fourth-order valence-corrected chi connectivity index (χ4v) is 1.95. The van der Waals surface area contributed by atoms with Gasteiger partial charge in [0, 0.05) is 37.4 Å². The summed E-state index contributed by atoms with van der Waals surface area (Å²) in [7, 11) is 0. The molecular formula is C13H18N4O2. The first kappa shape index (κ1) is 13.2. The quantitative estimate of drug-likeness (QED) is 0.705. The van der Waals surface area contributed by atoms with Gasteiger partial charge in [0.15, 0.2) is 0 Å². The van der Waals surface area contributed by atoms with Crippen molar-refractivity contribution in [3.8, 4) is 0 Å². The molecule has 1 fully saturated rings. The van der Waals surface area contributed by atoms with Gasteiger partial charge in [0.2, 0.25) is 5.91 Å². The number of nitrogens with zero attached hydrogens (tertiary/aromatic N) is 1. The Hall–Kier alpha value is -2.24. The number of rotatable bonds is 4. The summed E-state index contributed by atoms with van der Waals surface area (Å²) in [6, 6.07) is 5.28. The van der Waals surface area contributed by atoms with Crippen LogP contribution in [0.15, 0.2) is 18.2 Å². The molecule has 102 valence electrons. The van der Waals surface area contributed by atoms with Gasteiger partial charge < -0.3 is 21.3 Å². The van der Waals surface area contributed by atoms with Crippen LogP contribution < -0.4 is 16.4 Å². The van der Waals surface area contributed by atoms with E-state index in [0.717, 1.165) is 11.3 Å². The van der Waals surface area contributed by atoms with Gasteiger partial charge in [-0.15, -0.1) is 0 Å². The molecule has 1 aromatic carbocycles. The van der Waals surface area contributed by atoms with E-state index in [4.69, 9.17) is 5.73 Å². The number of urea groups is 1. The molecular weight excluding hydrogens is 244 g/mol. The zero-order chi connectivity index (χ0) is 13.8. The highest BCUT2D eigenvalue weighted by atomic mass is 16.2. The Labute approximate surface area is 112 Å². The number of anilines is 2. The van der Waals surface area contributed by atoms with Crippen LogP contribution in [0, 0.1) is 6.92 Å². The Bertz CT molecular complexity index is 501. The van der Waals surface area contributed by atoms with Gasteiger partial charge in [0.25, 0.3) is 0 Å². The average molecular weight is 262 g/mol. The molecule has 0 bridgehead atoms. The van der Waals surface area contributed by atoms with Crippen molar-refractivity contribution in [3.05, 3.63) is 23.8 Å². The molecule has 1 heterocycles. The molecule has 0 unspecified atom stereocenters. The monoisotopic (exact) mass is 262 g/mol.